The minimum Gasteiger partial charge on any atom is -0.382 e. The molecule has 0 fully saturated rings. The van der Waals surface area contributed by atoms with E-state index in [1.54, 1.807) is 19.3 Å². The van der Waals surface area contributed by atoms with E-state index in [2.05, 4.69) is 20.5 Å². The van der Waals surface area contributed by atoms with E-state index < -0.39 is 0 Å². The maximum Gasteiger partial charge on any atom is 0.261 e. The van der Waals surface area contributed by atoms with Crippen molar-refractivity contribution in [2.24, 2.45) is 0 Å². The Balaban J connectivity index is 2.00. The van der Waals surface area contributed by atoms with E-state index in [1.165, 1.54) is 0 Å². The molecule has 1 aromatic carbocycles. The molecule has 0 aliphatic heterocycles. The molecule has 0 unspecified atom stereocenters. The highest BCUT2D eigenvalue weighted by molar-refractivity contribution is 6.11. The Hall–Kier alpha value is -2.89. The number of hydrogen-bond acceptors (Lipinski definition) is 4. The Morgan fingerprint density at radius 1 is 1.35 bits per heavy atom. The van der Waals surface area contributed by atoms with Gasteiger partial charge in [0.15, 0.2) is 5.82 Å². The van der Waals surface area contributed by atoms with Crippen LogP contribution in [0.3, 0.4) is 0 Å². The molecule has 0 spiro atoms. The first kappa shape index (κ1) is 12.2. The van der Waals surface area contributed by atoms with Gasteiger partial charge in [0.25, 0.3) is 5.91 Å². The maximum atomic E-state index is 12.3. The molecule has 3 rings (SSSR count). The van der Waals surface area contributed by atoms with Crippen molar-refractivity contribution in [2.75, 3.05) is 11.1 Å². The zero-order valence-corrected chi connectivity index (χ0v) is 10.8. The predicted molar refractivity (Wildman–Crippen MR) is 77.4 cm³/mol. The monoisotopic (exact) mass is 267 g/mol. The number of rotatable bonds is 2. The summed E-state index contributed by atoms with van der Waals surface area (Å²) in [6.45, 7) is 1.76. The maximum absolute atomic E-state index is 12.3. The van der Waals surface area contributed by atoms with E-state index in [-0.39, 0.29) is 11.7 Å². The summed E-state index contributed by atoms with van der Waals surface area (Å²) in [5.74, 6) is -0.0834. The largest absolute Gasteiger partial charge is 0.382 e. The molecule has 6 nitrogen and oxygen atoms in total. The number of carbonyl (C=O) groups excluding carboxylic acids is 1. The molecule has 0 aliphatic carbocycles. The number of nitrogen functional groups attached to an aromatic ring is 1. The first-order chi connectivity index (χ1) is 9.66. The van der Waals surface area contributed by atoms with Crippen molar-refractivity contribution in [1.82, 2.24) is 15.2 Å². The number of hydrogen-bond donors (Lipinski definition) is 3. The van der Waals surface area contributed by atoms with Gasteiger partial charge in [-0.05, 0) is 19.1 Å². The number of fused-ring (bicyclic) bond motifs is 1. The Morgan fingerprint density at radius 2 is 2.20 bits per heavy atom. The van der Waals surface area contributed by atoms with Crippen molar-refractivity contribution >= 4 is 28.2 Å². The fraction of sp³-hybridized carbons (Fsp3) is 0.0714. The summed E-state index contributed by atoms with van der Waals surface area (Å²) in [6, 6.07) is 7.50. The number of pyridine rings is 1. The van der Waals surface area contributed by atoms with Crippen LogP contribution in [0.5, 0.6) is 0 Å². The summed E-state index contributed by atoms with van der Waals surface area (Å²) in [7, 11) is 0. The Kier molecular flexibility index (Phi) is 2.83. The molecule has 3 aromatic rings. The zero-order valence-electron chi connectivity index (χ0n) is 10.8. The van der Waals surface area contributed by atoms with Crippen LogP contribution in [0.2, 0.25) is 0 Å². The third kappa shape index (κ3) is 1.97. The lowest BCUT2D eigenvalue weighted by Gasteiger charge is -2.08. The van der Waals surface area contributed by atoms with Crippen LogP contribution in [0.15, 0.2) is 36.7 Å². The van der Waals surface area contributed by atoms with Gasteiger partial charge in [-0.3, -0.25) is 14.9 Å². The number of aromatic nitrogens is 3. The fourth-order valence-electron chi connectivity index (χ4n) is 2.15. The average molecular weight is 267 g/mol. The molecule has 0 saturated carbocycles. The zero-order chi connectivity index (χ0) is 14.1. The van der Waals surface area contributed by atoms with E-state index >= 15 is 0 Å². The van der Waals surface area contributed by atoms with Crippen LogP contribution in [0.1, 0.15) is 16.1 Å². The van der Waals surface area contributed by atoms with Crippen molar-refractivity contribution in [3.05, 3.63) is 47.9 Å². The number of H-pyrrole nitrogens is 1. The predicted octanol–water partition coefficient (Wildman–Crippen LogP) is 2.10. The second-order valence-electron chi connectivity index (χ2n) is 4.47. The molecule has 100 valence electrons. The number of nitrogens with two attached hydrogens (primary N) is 1. The molecule has 4 N–H and O–H groups in total. The molecule has 0 atom stereocenters. The van der Waals surface area contributed by atoms with Crippen LogP contribution in [-0.4, -0.2) is 21.1 Å². The van der Waals surface area contributed by atoms with E-state index in [4.69, 9.17) is 5.73 Å². The number of nitrogens with one attached hydrogen (secondary N) is 2. The normalized spacial score (nSPS) is 10.7. The van der Waals surface area contributed by atoms with Gasteiger partial charge in [-0.25, -0.2) is 0 Å². The number of anilines is 2. The molecule has 6 heteroatoms. The van der Waals surface area contributed by atoms with Crippen LogP contribution in [-0.2, 0) is 0 Å². The summed E-state index contributed by atoms with van der Waals surface area (Å²) < 4.78 is 0. The lowest BCUT2D eigenvalue weighted by Crippen LogP contribution is -2.14. The molecule has 20 heavy (non-hydrogen) atoms. The second kappa shape index (κ2) is 4.65. The summed E-state index contributed by atoms with van der Waals surface area (Å²) in [5, 5.41) is 11.3. The first-order valence-corrected chi connectivity index (χ1v) is 6.11. The molecular formula is C14H13N5O. The lowest BCUT2D eigenvalue weighted by atomic mass is 10.1. The SMILES string of the molecule is Cc1[nH]nc(N)c1C(=O)Nc1cccc2cnccc12. The minimum atomic E-state index is -0.280. The molecular weight excluding hydrogens is 254 g/mol. The topological polar surface area (TPSA) is 96.7 Å². The van der Waals surface area contributed by atoms with Gasteiger partial charge >= 0.3 is 0 Å². The van der Waals surface area contributed by atoms with Crippen molar-refractivity contribution in [3.63, 3.8) is 0 Å². The Bertz CT molecular complexity index is 768. The van der Waals surface area contributed by atoms with Crippen LogP contribution in [0.4, 0.5) is 11.5 Å². The molecule has 0 bridgehead atoms. The van der Waals surface area contributed by atoms with E-state index in [9.17, 15) is 4.79 Å². The number of aryl methyl sites for hydroxylation is 1. The van der Waals surface area contributed by atoms with Crippen LogP contribution >= 0.6 is 0 Å². The lowest BCUT2D eigenvalue weighted by molar-refractivity contribution is 0.102. The van der Waals surface area contributed by atoms with Gasteiger partial charge in [0.05, 0.1) is 0 Å². The van der Waals surface area contributed by atoms with Gasteiger partial charge in [-0.2, -0.15) is 5.10 Å². The number of amides is 1. The smallest absolute Gasteiger partial charge is 0.261 e. The molecule has 2 heterocycles. The fourth-order valence-corrected chi connectivity index (χ4v) is 2.15. The van der Waals surface area contributed by atoms with Crippen molar-refractivity contribution in [1.29, 1.82) is 0 Å². The average Bonchev–Trinajstić information content (AvgIpc) is 2.78. The summed E-state index contributed by atoms with van der Waals surface area (Å²) >= 11 is 0. The van der Waals surface area contributed by atoms with Crippen molar-refractivity contribution in [3.8, 4) is 0 Å². The van der Waals surface area contributed by atoms with E-state index in [0.717, 1.165) is 16.5 Å². The van der Waals surface area contributed by atoms with Crippen LogP contribution in [0, 0.1) is 6.92 Å². The van der Waals surface area contributed by atoms with Crippen molar-refractivity contribution < 1.29 is 4.79 Å². The quantitative estimate of drug-likeness (QED) is 0.662. The van der Waals surface area contributed by atoms with Gasteiger partial charge < -0.3 is 11.1 Å². The number of carbonyl (C=O) groups is 1. The van der Waals surface area contributed by atoms with Gasteiger partial charge in [0.1, 0.15) is 5.56 Å². The first-order valence-electron chi connectivity index (χ1n) is 6.11. The minimum absolute atomic E-state index is 0.196. The van der Waals surface area contributed by atoms with Gasteiger partial charge in [-0.15, -0.1) is 0 Å². The summed E-state index contributed by atoms with van der Waals surface area (Å²) in [4.78, 5) is 16.4. The second-order valence-corrected chi connectivity index (χ2v) is 4.47. The summed E-state index contributed by atoms with van der Waals surface area (Å²) in [6.07, 6.45) is 3.44. The molecule has 0 aliphatic rings. The number of nitrogens with zero attached hydrogens (tertiary/aromatic N) is 2. The molecule has 2 aromatic heterocycles. The van der Waals surface area contributed by atoms with E-state index in [0.29, 0.717) is 11.3 Å². The molecule has 1 amide bonds. The van der Waals surface area contributed by atoms with Gasteiger partial charge in [0, 0.05) is 34.5 Å². The summed E-state index contributed by atoms with van der Waals surface area (Å²) in [5.41, 5.74) is 7.42. The van der Waals surface area contributed by atoms with E-state index in [1.807, 2.05) is 24.3 Å². The van der Waals surface area contributed by atoms with Crippen LogP contribution < -0.4 is 11.1 Å². The highest BCUT2D eigenvalue weighted by Crippen LogP contribution is 2.23. The highest BCUT2D eigenvalue weighted by Gasteiger charge is 2.16. The Morgan fingerprint density at radius 3 is 2.95 bits per heavy atom. The van der Waals surface area contributed by atoms with Gasteiger partial charge in [-0.1, -0.05) is 12.1 Å². The van der Waals surface area contributed by atoms with Crippen molar-refractivity contribution in [2.45, 2.75) is 6.92 Å². The molecule has 0 saturated heterocycles. The third-order valence-electron chi connectivity index (χ3n) is 3.13. The Labute approximate surface area is 115 Å². The molecule has 0 radical (unpaired) electrons. The highest BCUT2D eigenvalue weighted by atomic mass is 16.1. The number of aromatic amines is 1. The van der Waals surface area contributed by atoms with Crippen LogP contribution in [0.25, 0.3) is 10.8 Å². The third-order valence-corrected chi connectivity index (χ3v) is 3.13. The van der Waals surface area contributed by atoms with Gasteiger partial charge in [0.2, 0.25) is 0 Å². The standard InChI is InChI=1S/C14H13N5O/c1-8-12(13(15)19-18-8)14(20)17-11-4-2-3-9-7-16-6-5-10(9)11/h2-7H,1H3,(H,17,20)(H3,15,18,19). The number of benzene rings is 1.